The van der Waals surface area contributed by atoms with Crippen molar-refractivity contribution in [3.8, 4) is 11.4 Å². The van der Waals surface area contributed by atoms with E-state index in [1.54, 1.807) is 11.2 Å². The van der Waals surface area contributed by atoms with Gasteiger partial charge in [0.25, 0.3) is 0 Å². The number of hydrogen-bond acceptors (Lipinski definition) is 7. The maximum absolute atomic E-state index is 13.8. The van der Waals surface area contributed by atoms with Crippen molar-refractivity contribution in [3.05, 3.63) is 77.4 Å². The molecule has 4 heterocycles. The highest BCUT2D eigenvalue weighted by molar-refractivity contribution is 8.45. The number of oxime groups is 1. The summed E-state index contributed by atoms with van der Waals surface area (Å²) in [6, 6.07) is 7.77. The number of aliphatic hydroxyl groups is 1. The molecule has 2 saturated heterocycles. The Morgan fingerprint density at radius 3 is 2.56 bits per heavy atom. The van der Waals surface area contributed by atoms with Gasteiger partial charge in [0.05, 0.1) is 50.2 Å². The molecule has 0 saturated carbocycles. The molecule has 0 bridgehead atoms. The number of imidazole rings is 1. The summed E-state index contributed by atoms with van der Waals surface area (Å²) in [5.41, 5.74) is 2.71. The van der Waals surface area contributed by atoms with Crippen LogP contribution in [-0.2, 0) is 9.57 Å². The third kappa shape index (κ3) is 5.70. The van der Waals surface area contributed by atoms with E-state index in [-0.39, 0.29) is 11.0 Å². The van der Waals surface area contributed by atoms with E-state index in [0.29, 0.717) is 56.5 Å². The number of aliphatic hydroxyl groups excluding tert-OH is 1. The molecule has 1 N–H and O–H groups in total. The molecule has 2 aromatic carbocycles. The SMILES string of the molecule is CCOc1cc(C=C2CC3(COC3)CN3C2=NOC(CO)C3c2cccc(S(F)(F)(F)(F)F)c2)ccc1-n1cnc(C)c1. The van der Waals surface area contributed by atoms with Crippen LogP contribution in [0.3, 0.4) is 0 Å². The van der Waals surface area contributed by atoms with E-state index >= 15 is 0 Å². The molecule has 0 radical (unpaired) electrons. The zero-order valence-electron chi connectivity index (χ0n) is 23.4. The Balaban J connectivity index is 1.42. The molecular formula is C29H31F5N4O4S. The molecule has 1 aromatic heterocycles. The van der Waals surface area contributed by atoms with Gasteiger partial charge in [-0.25, -0.2) is 4.98 Å². The van der Waals surface area contributed by atoms with Crippen LogP contribution in [0.5, 0.6) is 5.75 Å². The molecule has 232 valence electrons. The molecule has 6 rings (SSSR count). The summed E-state index contributed by atoms with van der Waals surface area (Å²) in [7, 11) is -9.96. The monoisotopic (exact) mass is 626 g/mol. The highest BCUT2D eigenvalue weighted by atomic mass is 32.5. The van der Waals surface area contributed by atoms with E-state index in [9.17, 15) is 24.5 Å². The standard InChI is InChI=1S/C29H31F5N4O4S/c1-3-41-25-10-20(7-8-24(25)37-13-19(2)35-18-37)9-22-12-29(16-40-17-29)15-38-27(26(14-39)42-36-28(22)38)21-5-4-6-23(11-21)43(30,31,32,33)34/h4-11,13,18,26-27,39H,3,12,14-17H2,1-2H3. The van der Waals surface area contributed by atoms with E-state index in [4.69, 9.17) is 14.3 Å². The van der Waals surface area contributed by atoms with Crippen molar-refractivity contribution < 1.29 is 38.8 Å². The summed E-state index contributed by atoms with van der Waals surface area (Å²) in [4.78, 5) is 9.64. The number of aryl methyl sites for hydroxylation is 1. The summed E-state index contributed by atoms with van der Waals surface area (Å²) < 4.78 is 82.2. The minimum Gasteiger partial charge on any atom is -0.492 e. The van der Waals surface area contributed by atoms with Gasteiger partial charge in [-0.3, -0.25) is 0 Å². The van der Waals surface area contributed by atoms with Crippen molar-refractivity contribution in [1.82, 2.24) is 14.5 Å². The Morgan fingerprint density at radius 1 is 1.14 bits per heavy atom. The van der Waals surface area contributed by atoms with E-state index in [1.807, 2.05) is 48.9 Å². The second-order valence-corrected chi connectivity index (χ2v) is 13.7. The van der Waals surface area contributed by atoms with E-state index in [1.165, 1.54) is 6.07 Å². The van der Waals surface area contributed by atoms with Gasteiger partial charge < -0.3 is 28.9 Å². The zero-order valence-corrected chi connectivity index (χ0v) is 24.2. The topological polar surface area (TPSA) is 81.3 Å². The maximum atomic E-state index is 13.8. The predicted octanol–water partition coefficient (Wildman–Crippen LogP) is 6.79. The molecule has 0 aliphatic carbocycles. The number of halogens is 5. The Bertz CT molecular complexity index is 1620. The van der Waals surface area contributed by atoms with Crippen LogP contribution in [-0.4, -0.2) is 64.5 Å². The minimum absolute atomic E-state index is 0.0625. The first-order valence-electron chi connectivity index (χ1n) is 13.7. The summed E-state index contributed by atoms with van der Waals surface area (Å²) >= 11 is 0. The largest absolute Gasteiger partial charge is 0.492 e. The van der Waals surface area contributed by atoms with Crippen molar-refractivity contribution in [2.45, 2.75) is 37.3 Å². The molecule has 43 heavy (non-hydrogen) atoms. The van der Waals surface area contributed by atoms with Gasteiger partial charge in [-0.15, -0.1) is 0 Å². The lowest BCUT2D eigenvalue weighted by atomic mass is 9.74. The highest BCUT2D eigenvalue weighted by Gasteiger charge is 2.65. The van der Waals surface area contributed by atoms with Gasteiger partial charge in [0.1, 0.15) is 10.6 Å². The first kappa shape index (κ1) is 29.5. The van der Waals surface area contributed by atoms with Crippen molar-refractivity contribution in [2.75, 3.05) is 33.0 Å². The van der Waals surface area contributed by atoms with Crippen LogP contribution in [0.4, 0.5) is 19.4 Å². The average Bonchev–Trinajstić information content (AvgIpc) is 3.36. The van der Waals surface area contributed by atoms with E-state index in [0.717, 1.165) is 28.6 Å². The summed E-state index contributed by atoms with van der Waals surface area (Å²) in [5, 5.41) is 14.4. The van der Waals surface area contributed by atoms with Crippen LogP contribution in [0.2, 0.25) is 0 Å². The third-order valence-electron chi connectivity index (χ3n) is 7.85. The van der Waals surface area contributed by atoms with Crippen molar-refractivity contribution in [1.29, 1.82) is 0 Å². The fraction of sp³-hybridized carbons (Fsp3) is 0.379. The lowest BCUT2D eigenvalue weighted by molar-refractivity contribution is -0.139. The van der Waals surface area contributed by atoms with Crippen LogP contribution >= 0.6 is 10.2 Å². The minimum atomic E-state index is -9.96. The molecule has 2 unspecified atom stereocenters. The second-order valence-electron chi connectivity index (χ2n) is 11.3. The molecule has 2 fully saturated rings. The van der Waals surface area contributed by atoms with Crippen LogP contribution in [0, 0.1) is 12.3 Å². The average molecular weight is 627 g/mol. The number of rotatable bonds is 7. The smallest absolute Gasteiger partial charge is 0.310 e. The van der Waals surface area contributed by atoms with Gasteiger partial charge in [-0.05, 0) is 67.3 Å². The first-order valence-corrected chi connectivity index (χ1v) is 15.7. The van der Waals surface area contributed by atoms with Gasteiger partial charge in [-0.2, -0.15) is 0 Å². The highest BCUT2D eigenvalue weighted by Crippen LogP contribution is 3.02. The fourth-order valence-electron chi connectivity index (χ4n) is 5.90. The van der Waals surface area contributed by atoms with Gasteiger partial charge in [0, 0.05) is 18.2 Å². The Morgan fingerprint density at radius 2 is 1.93 bits per heavy atom. The number of aromatic nitrogens is 2. The molecule has 3 aromatic rings. The molecule has 0 amide bonds. The number of piperidine rings is 1. The molecule has 3 aliphatic rings. The normalized spacial score (nSPS) is 24.0. The lowest BCUT2D eigenvalue weighted by Crippen LogP contribution is -2.60. The number of nitrogens with zero attached hydrogens (tertiary/aromatic N) is 4. The second kappa shape index (κ2) is 9.69. The number of ether oxygens (including phenoxy) is 2. The molecule has 2 atom stereocenters. The summed E-state index contributed by atoms with van der Waals surface area (Å²) in [6.45, 7) is 4.74. The van der Waals surface area contributed by atoms with Crippen LogP contribution in [0.25, 0.3) is 11.8 Å². The number of amidine groups is 1. The Labute approximate surface area is 245 Å². The zero-order chi connectivity index (χ0) is 30.7. The number of hydrogen-bond donors (Lipinski definition) is 1. The van der Waals surface area contributed by atoms with Crippen molar-refractivity contribution in [3.63, 3.8) is 0 Å². The number of fused-ring (bicyclic) bond motifs is 1. The maximum Gasteiger partial charge on any atom is 0.310 e. The van der Waals surface area contributed by atoms with Gasteiger partial charge in [-0.1, -0.05) is 42.8 Å². The quantitative estimate of drug-likeness (QED) is 0.291. The predicted molar refractivity (Wildman–Crippen MR) is 152 cm³/mol. The Hall–Kier alpha value is -3.62. The third-order valence-corrected chi connectivity index (χ3v) is 8.99. The fourth-order valence-corrected chi connectivity index (χ4v) is 6.60. The van der Waals surface area contributed by atoms with E-state index < -0.39 is 33.9 Å². The first-order chi connectivity index (χ1) is 20.2. The van der Waals surface area contributed by atoms with E-state index in [2.05, 4.69) is 10.1 Å². The van der Waals surface area contributed by atoms with Gasteiger partial charge in [0.15, 0.2) is 11.9 Å². The molecular weight excluding hydrogens is 595 g/mol. The summed E-state index contributed by atoms with van der Waals surface area (Å²) in [6.07, 6.45) is 4.94. The number of benzene rings is 2. The van der Waals surface area contributed by atoms with Crippen LogP contribution < -0.4 is 4.74 Å². The van der Waals surface area contributed by atoms with Gasteiger partial charge >= 0.3 is 10.2 Å². The lowest BCUT2D eigenvalue weighted by Gasteiger charge is -2.53. The van der Waals surface area contributed by atoms with Gasteiger partial charge in [0.2, 0.25) is 0 Å². The van der Waals surface area contributed by atoms with Crippen molar-refractivity contribution >= 4 is 22.1 Å². The molecule has 8 nitrogen and oxygen atoms in total. The van der Waals surface area contributed by atoms with Crippen LogP contribution in [0.1, 0.15) is 36.2 Å². The van der Waals surface area contributed by atoms with Crippen LogP contribution in [0.15, 0.2) is 70.6 Å². The Kier molecular flexibility index (Phi) is 6.64. The molecule has 1 spiro atoms. The molecule has 14 heteroatoms. The molecule has 3 aliphatic heterocycles. The summed E-state index contributed by atoms with van der Waals surface area (Å²) in [5.74, 6) is 0.980. The van der Waals surface area contributed by atoms with Crippen molar-refractivity contribution in [2.24, 2.45) is 10.6 Å².